The van der Waals surface area contributed by atoms with Gasteiger partial charge in [0, 0.05) is 22.6 Å². The predicted octanol–water partition coefficient (Wildman–Crippen LogP) is 2.24. The maximum absolute atomic E-state index is 11.5. The molecule has 2 atom stereocenters. The minimum absolute atomic E-state index is 0.0618. The number of aromatic amines is 1. The molecule has 0 saturated heterocycles. The van der Waals surface area contributed by atoms with Gasteiger partial charge in [0.15, 0.2) is 0 Å². The molecule has 0 fully saturated rings. The second-order valence-corrected chi connectivity index (χ2v) is 9.27. The first-order valence-corrected chi connectivity index (χ1v) is 11.5. The van der Waals surface area contributed by atoms with Crippen LogP contribution >= 0.6 is 11.3 Å². The molecule has 4 aromatic rings. The van der Waals surface area contributed by atoms with E-state index in [1.807, 2.05) is 12.1 Å². The van der Waals surface area contributed by atoms with Crippen molar-refractivity contribution in [1.29, 1.82) is 0 Å². The first kappa shape index (κ1) is 20.8. The number of aryl methyl sites for hydroxylation is 1. The molecule has 166 valence electrons. The lowest BCUT2D eigenvalue weighted by molar-refractivity contribution is -0.120. The predicted molar refractivity (Wildman–Crippen MR) is 125 cm³/mol. The van der Waals surface area contributed by atoms with Crippen LogP contribution in [-0.2, 0) is 17.6 Å². The zero-order valence-corrected chi connectivity index (χ0v) is 18.3. The third-order valence-corrected chi connectivity index (χ3v) is 7.23. The summed E-state index contributed by atoms with van der Waals surface area (Å²) in [5.74, 6) is 0.810. The number of rotatable bonds is 8. The number of anilines is 2. The molecule has 0 saturated carbocycles. The number of H-pyrrole nitrogens is 1. The van der Waals surface area contributed by atoms with Crippen LogP contribution in [0.1, 0.15) is 23.3 Å². The fourth-order valence-electron chi connectivity index (χ4n) is 4.39. The molecule has 3 heterocycles. The highest BCUT2D eigenvalue weighted by molar-refractivity contribution is 7.19. The van der Waals surface area contributed by atoms with E-state index in [1.165, 1.54) is 10.4 Å². The van der Waals surface area contributed by atoms with Crippen LogP contribution in [0.25, 0.3) is 21.1 Å². The van der Waals surface area contributed by atoms with E-state index >= 15 is 0 Å². The quantitative estimate of drug-likeness (QED) is 0.276. The summed E-state index contributed by atoms with van der Waals surface area (Å²) >= 11 is 1.72. The molecule has 0 radical (unpaired) electrons. The molecule has 1 aliphatic carbocycles. The van der Waals surface area contributed by atoms with E-state index in [2.05, 4.69) is 36.9 Å². The van der Waals surface area contributed by atoms with Gasteiger partial charge < -0.3 is 21.5 Å². The van der Waals surface area contributed by atoms with Gasteiger partial charge in [0.05, 0.1) is 23.1 Å². The highest BCUT2D eigenvalue weighted by Gasteiger charge is 2.26. The number of nitrogens with two attached hydrogens (primary N) is 1. The average molecular weight is 452 g/mol. The third kappa shape index (κ3) is 4.04. The number of nitrogens with zero attached hydrogens (tertiary/aromatic N) is 3. The highest BCUT2D eigenvalue weighted by Crippen LogP contribution is 2.40. The molecular weight excluding hydrogens is 426 g/mol. The Morgan fingerprint density at radius 2 is 2.28 bits per heavy atom. The Bertz CT molecular complexity index is 1270. The van der Waals surface area contributed by atoms with Crippen LogP contribution in [0.3, 0.4) is 0 Å². The van der Waals surface area contributed by atoms with Gasteiger partial charge in [0.25, 0.3) is 0 Å². The Morgan fingerprint density at radius 1 is 1.38 bits per heavy atom. The zero-order valence-electron chi connectivity index (χ0n) is 17.5. The number of carbonyl (C=O) groups is 1. The highest BCUT2D eigenvalue weighted by atomic mass is 32.1. The normalized spacial score (nSPS) is 16.8. The fraction of sp³-hybridized carbons (Fsp3) is 0.364. The van der Waals surface area contributed by atoms with Crippen molar-refractivity contribution in [3.05, 3.63) is 41.2 Å². The summed E-state index contributed by atoms with van der Waals surface area (Å²) in [5.41, 5.74) is 8.70. The van der Waals surface area contributed by atoms with Crippen LogP contribution in [0.2, 0.25) is 0 Å². The van der Waals surface area contributed by atoms with E-state index in [9.17, 15) is 4.79 Å². The molecular formula is C22H25N7O2S. The van der Waals surface area contributed by atoms with Gasteiger partial charge >= 0.3 is 0 Å². The zero-order chi connectivity index (χ0) is 22.1. The Morgan fingerprint density at radius 3 is 3.12 bits per heavy atom. The number of hydrogen-bond acceptors (Lipinski definition) is 8. The van der Waals surface area contributed by atoms with E-state index in [0.717, 1.165) is 51.9 Å². The summed E-state index contributed by atoms with van der Waals surface area (Å²) in [7, 11) is 0. The molecule has 0 bridgehead atoms. The van der Waals surface area contributed by atoms with Crippen LogP contribution in [0.5, 0.6) is 0 Å². The topological polar surface area (TPSA) is 142 Å². The van der Waals surface area contributed by atoms with Crippen LogP contribution in [0.4, 0.5) is 11.5 Å². The molecule has 0 aliphatic heterocycles. The van der Waals surface area contributed by atoms with E-state index in [0.29, 0.717) is 18.9 Å². The lowest BCUT2D eigenvalue weighted by Gasteiger charge is -2.24. The van der Waals surface area contributed by atoms with Gasteiger partial charge in [-0.3, -0.25) is 9.89 Å². The first-order valence-electron chi connectivity index (χ1n) is 10.7. The van der Waals surface area contributed by atoms with Gasteiger partial charge in [-0.1, -0.05) is 0 Å². The van der Waals surface area contributed by atoms with Gasteiger partial charge in [-0.05, 0) is 61.9 Å². The van der Waals surface area contributed by atoms with Crippen molar-refractivity contribution in [2.24, 2.45) is 11.7 Å². The average Bonchev–Trinajstić information content (AvgIpc) is 3.40. The molecule has 10 heteroatoms. The number of aromatic nitrogens is 4. The number of benzene rings is 1. The van der Waals surface area contributed by atoms with Crippen molar-refractivity contribution in [2.75, 3.05) is 18.5 Å². The van der Waals surface area contributed by atoms with Gasteiger partial charge in [-0.2, -0.15) is 5.10 Å². The summed E-state index contributed by atoms with van der Waals surface area (Å²) in [6, 6.07) is 5.57. The molecule has 0 spiro atoms. The van der Waals surface area contributed by atoms with Crippen LogP contribution in [0, 0.1) is 5.92 Å². The van der Waals surface area contributed by atoms with Gasteiger partial charge in [-0.25, -0.2) is 9.97 Å². The maximum atomic E-state index is 11.5. The fourth-order valence-corrected chi connectivity index (χ4v) is 5.69. The first-order chi connectivity index (χ1) is 15.6. The largest absolute Gasteiger partial charge is 0.396 e. The van der Waals surface area contributed by atoms with Crippen molar-refractivity contribution >= 4 is 49.9 Å². The van der Waals surface area contributed by atoms with Crippen molar-refractivity contribution in [3.63, 3.8) is 0 Å². The van der Waals surface area contributed by atoms with Gasteiger partial charge in [-0.15, -0.1) is 11.3 Å². The molecule has 9 nitrogen and oxygen atoms in total. The summed E-state index contributed by atoms with van der Waals surface area (Å²) in [5, 5.41) is 25.0. The monoisotopic (exact) mass is 451 g/mol. The Hall–Kier alpha value is -3.08. The van der Waals surface area contributed by atoms with Gasteiger partial charge in [0.1, 0.15) is 17.0 Å². The number of amides is 1. The minimum Gasteiger partial charge on any atom is -0.396 e. The molecule has 1 aliphatic rings. The smallest absolute Gasteiger partial charge is 0.234 e. The van der Waals surface area contributed by atoms with Crippen molar-refractivity contribution in [2.45, 2.75) is 31.7 Å². The molecule has 32 heavy (non-hydrogen) atoms. The molecule has 1 aromatic carbocycles. The second-order valence-electron chi connectivity index (χ2n) is 8.19. The van der Waals surface area contributed by atoms with Crippen LogP contribution in [0.15, 0.2) is 30.7 Å². The maximum Gasteiger partial charge on any atom is 0.234 e. The van der Waals surface area contributed by atoms with E-state index in [1.54, 1.807) is 23.9 Å². The molecule has 1 unspecified atom stereocenters. The Kier molecular flexibility index (Phi) is 5.73. The number of thiophene rings is 1. The van der Waals surface area contributed by atoms with E-state index in [-0.39, 0.29) is 6.61 Å². The van der Waals surface area contributed by atoms with Crippen molar-refractivity contribution < 1.29 is 9.90 Å². The summed E-state index contributed by atoms with van der Waals surface area (Å²) in [6.45, 7) is 0.635. The molecule has 5 rings (SSSR count). The minimum atomic E-state index is -0.488. The standard InChI is InChI=1S/C22H25N7O2S/c23-20(31)17(5-6-30)24-9-12-1-3-15-18(7-12)32-22-19(15)21(25-11-26-22)28-14-2-4-16-13(8-14)10-27-29-16/h2,4,8,10-12,17,24,30H,1,3,5-7,9H2,(H2,23,31)(H,27,29)(H,25,26,28)/t12?,17-/m0/s1. The Balaban J connectivity index is 1.36. The van der Waals surface area contributed by atoms with Crippen LogP contribution < -0.4 is 16.4 Å². The van der Waals surface area contributed by atoms with Crippen molar-refractivity contribution in [1.82, 2.24) is 25.5 Å². The van der Waals surface area contributed by atoms with E-state index in [4.69, 9.17) is 10.8 Å². The number of fused-ring (bicyclic) bond motifs is 4. The summed E-state index contributed by atoms with van der Waals surface area (Å²) < 4.78 is 0. The lowest BCUT2D eigenvalue weighted by atomic mass is 9.87. The summed E-state index contributed by atoms with van der Waals surface area (Å²) in [4.78, 5) is 22.9. The Labute approximate surface area is 188 Å². The third-order valence-electron chi connectivity index (χ3n) is 6.06. The number of aliphatic hydroxyl groups is 1. The summed E-state index contributed by atoms with van der Waals surface area (Å²) in [6.07, 6.45) is 6.62. The number of nitrogens with one attached hydrogen (secondary N) is 3. The SMILES string of the molecule is NC(=O)[C@H](CCO)NCC1CCc2c(sc3ncnc(Nc4ccc5[nH]ncc5c4)c23)C1. The lowest BCUT2D eigenvalue weighted by Crippen LogP contribution is -2.44. The molecule has 3 aromatic heterocycles. The van der Waals surface area contributed by atoms with Crippen molar-refractivity contribution in [3.8, 4) is 0 Å². The molecule has 6 N–H and O–H groups in total. The number of carbonyl (C=O) groups excluding carboxylic acids is 1. The van der Waals surface area contributed by atoms with Gasteiger partial charge in [0.2, 0.25) is 5.91 Å². The number of aliphatic hydroxyl groups excluding tert-OH is 1. The van der Waals surface area contributed by atoms with Crippen LogP contribution in [-0.4, -0.2) is 50.4 Å². The van der Waals surface area contributed by atoms with E-state index < -0.39 is 11.9 Å². The second kappa shape index (κ2) is 8.81. The number of primary amides is 1. The number of hydrogen-bond donors (Lipinski definition) is 5. The molecule has 1 amide bonds.